The van der Waals surface area contributed by atoms with Gasteiger partial charge in [-0.05, 0) is 24.8 Å². The van der Waals surface area contributed by atoms with Crippen molar-refractivity contribution in [1.29, 1.82) is 0 Å². The van der Waals surface area contributed by atoms with E-state index < -0.39 is 22.8 Å². The number of aromatic nitrogens is 1. The maximum absolute atomic E-state index is 12.2. The van der Waals surface area contributed by atoms with E-state index in [0.29, 0.717) is 5.39 Å². The molecule has 0 spiro atoms. The number of amides is 1. The lowest BCUT2D eigenvalue weighted by molar-refractivity contribution is -0.383. The summed E-state index contributed by atoms with van der Waals surface area (Å²) in [6.45, 7) is 0. The Balaban J connectivity index is 1.89. The number of aromatic amines is 1. The number of nitro benzene ring substituents is 1. The van der Waals surface area contributed by atoms with E-state index in [2.05, 4.69) is 10.3 Å². The van der Waals surface area contributed by atoms with Crippen molar-refractivity contribution in [2.75, 3.05) is 0 Å². The van der Waals surface area contributed by atoms with Gasteiger partial charge < -0.3 is 15.4 Å². The van der Waals surface area contributed by atoms with Gasteiger partial charge in [0, 0.05) is 11.5 Å². The van der Waals surface area contributed by atoms with Crippen LogP contribution in [0.5, 0.6) is 0 Å². The van der Waals surface area contributed by atoms with Crippen LogP contribution >= 0.6 is 0 Å². The van der Waals surface area contributed by atoms with Crippen LogP contribution in [0.2, 0.25) is 0 Å². The maximum Gasteiger partial charge on any atom is 0.326 e. The number of carboxylic acids is 1. The molecule has 1 amide bonds. The molecule has 0 aliphatic heterocycles. The average Bonchev–Trinajstić information content (AvgIpc) is 3.20. The van der Waals surface area contributed by atoms with Gasteiger partial charge in [0.2, 0.25) is 0 Å². The fraction of sp³-hybridized carbons (Fsp3) is 0.286. The fourth-order valence-corrected chi connectivity index (χ4v) is 2.44. The highest BCUT2D eigenvalue weighted by Crippen LogP contribution is 2.33. The first-order chi connectivity index (χ1) is 10.5. The molecule has 1 unspecified atom stereocenters. The number of non-ortho nitro benzene ring substituents is 1. The van der Waals surface area contributed by atoms with E-state index in [4.69, 9.17) is 5.11 Å². The van der Waals surface area contributed by atoms with Crippen LogP contribution in [-0.2, 0) is 4.79 Å². The van der Waals surface area contributed by atoms with Gasteiger partial charge in [0.25, 0.3) is 11.6 Å². The Morgan fingerprint density at radius 1 is 1.41 bits per heavy atom. The molecule has 3 rings (SSSR count). The molecule has 1 saturated carbocycles. The zero-order chi connectivity index (χ0) is 15.9. The number of rotatable bonds is 5. The number of hydrogen-bond acceptors (Lipinski definition) is 4. The van der Waals surface area contributed by atoms with Gasteiger partial charge in [-0.1, -0.05) is 12.1 Å². The third-order valence-corrected chi connectivity index (χ3v) is 3.72. The van der Waals surface area contributed by atoms with Crippen molar-refractivity contribution in [2.24, 2.45) is 5.92 Å². The molecule has 1 aliphatic rings. The Kier molecular flexibility index (Phi) is 3.28. The number of nitro groups is 1. The first-order valence-electron chi connectivity index (χ1n) is 6.77. The van der Waals surface area contributed by atoms with E-state index in [0.717, 1.165) is 12.8 Å². The molecule has 1 fully saturated rings. The molecule has 2 aromatic rings. The highest BCUT2D eigenvalue weighted by atomic mass is 16.6. The molecule has 8 heteroatoms. The zero-order valence-corrected chi connectivity index (χ0v) is 11.4. The fourth-order valence-electron chi connectivity index (χ4n) is 2.44. The third kappa shape index (κ3) is 2.50. The summed E-state index contributed by atoms with van der Waals surface area (Å²) in [7, 11) is 0. The SMILES string of the molecule is O=C(NC(C(=O)O)C1CC1)c1cc2cccc([N+](=O)[O-])c2[nH]1. The van der Waals surface area contributed by atoms with Crippen LogP contribution in [-0.4, -0.2) is 32.9 Å². The van der Waals surface area contributed by atoms with E-state index in [1.807, 2.05) is 0 Å². The third-order valence-electron chi connectivity index (χ3n) is 3.72. The number of hydrogen-bond donors (Lipinski definition) is 3. The van der Waals surface area contributed by atoms with Gasteiger partial charge in [-0.2, -0.15) is 0 Å². The Labute approximate surface area is 124 Å². The van der Waals surface area contributed by atoms with Crippen LogP contribution in [0.25, 0.3) is 10.9 Å². The number of aliphatic carboxylic acids is 1. The minimum atomic E-state index is -1.07. The summed E-state index contributed by atoms with van der Waals surface area (Å²) in [6.07, 6.45) is 1.55. The quantitative estimate of drug-likeness (QED) is 0.572. The zero-order valence-electron chi connectivity index (χ0n) is 11.4. The molecular weight excluding hydrogens is 290 g/mol. The molecule has 22 heavy (non-hydrogen) atoms. The highest BCUT2D eigenvalue weighted by molar-refractivity contribution is 6.01. The molecule has 0 bridgehead atoms. The Bertz CT molecular complexity index is 778. The predicted octanol–water partition coefficient (Wildman–Crippen LogP) is 1.67. The Morgan fingerprint density at radius 2 is 2.14 bits per heavy atom. The second-order valence-electron chi connectivity index (χ2n) is 5.31. The summed E-state index contributed by atoms with van der Waals surface area (Å²) in [4.78, 5) is 36.4. The molecule has 0 saturated heterocycles. The van der Waals surface area contributed by atoms with Crippen molar-refractivity contribution in [2.45, 2.75) is 18.9 Å². The van der Waals surface area contributed by atoms with E-state index in [9.17, 15) is 19.7 Å². The lowest BCUT2D eigenvalue weighted by atomic mass is 10.2. The summed E-state index contributed by atoms with van der Waals surface area (Å²) in [5, 5.41) is 23.1. The molecule has 1 heterocycles. The van der Waals surface area contributed by atoms with Gasteiger partial charge in [-0.3, -0.25) is 14.9 Å². The lowest BCUT2D eigenvalue weighted by Gasteiger charge is -2.12. The predicted molar refractivity (Wildman–Crippen MR) is 76.6 cm³/mol. The topological polar surface area (TPSA) is 125 Å². The van der Waals surface area contributed by atoms with Crippen molar-refractivity contribution in [3.05, 3.63) is 40.1 Å². The van der Waals surface area contributed by atoms with Crippen molar-refractivity contribution in [3.63, 3.8) is 0 Å². The monoisotopic (exact) mass is 303 g/mol. The normalized spacial score (nSPS) is 15.5. The molecular formula is C14H13N3O5. The Morgan fingerprint density at radius 3 is 2.73 bits per heavy atom. The summed E-state index contributed by atoms with van der Waals surface area (Å²) in [5.74, 6) is -1.69. The maximum atomic E-state index is 12.2. The molecule has 114 valence electrons. The average molecular weight is 303 g/mol. The summed E-state index contributed by atoms with van der Waals surface area (Å²) >= 11 is 0. The number of H-pyrrole nitrogens is 1. The number of carboxylic acid groups (broad SMARTS) is 1. The second-order valence-corrected chi connectivity index (χ2v) is 5.31. The number of para-hydroxylation sites is 1. The summed E-state index contributed by atoms with van der Waals surface area (Å²) in [5.41, 5.74) is 0.223. The number of carbonyl (C=O) groups is 2. The van der Waals surface area contributed by atoms with E-state index >= 15 is 0 Å². The summed E-state index contributed by atoms with van der Waals surface area (Å²) < 4.78 is 0. The number of fused-ring (bicyclic) bond motifs is 1. The number of nitrogens with zero attached hydrogens (tertiary/aromatic N) is 1. The number of nitrogens with one attached hydrogen (secondary N) is 2. The van der Waals surface area contributed by atoms with Crippen LogP contribution in [0.1, 0.15) is 23.3 Å². The van der Waals surface area contributed by atoms with Gasteiger partial charge in [0.15, 0.2) is 0 Å². The van der Waals surface area contributed by atoms with E-state index in [1.165, 1.54) is 18.2 Å². The standard InChI is InChI=1S/C14H13N3O5/c18-13(16-12(14(19)20)7-4-5-7)9-6-8-2-1-3-10(17(21)22)11(8)15-9/h1-3,6-7,12,15H,4-5H2,(H,16,18)(H,19,20). The minimum absolute atomic E-state index is 0.0415. The second kappa shape index (κ2) is 5.14. The number of benzene rings is 1. The molecule has 1 aliphatic carbocycles. The van der Waals surface area contributed by atoms with Gasteiger partial charge in [0.05, 0.1) is 4.92 Å². The van der Waals surface area contributed by atoms with Gasteiger partial charge in [-0.15, -0.1) is 0 Å². The molecule has 1 aromatic heterocycles. The van der Waals surface area contributed by atoms with E-state index in [1.54, 1.807) is 6.07 Å². The first kappa shape index (κ1) is 14.1. The van der Waals surface area contributed by atoms with Crippen LogP contribution in [0.15, 0.2) is 24.3 Å². The van der Waals surface area contributed by atoms with Crippen molar-refractivity contribution >= 4 is 28.5 Å². The van der Waals surface area contributed by atoms with Crippen LogP contribution in [0.3, 0.4) is 0 Å². The molecule has 8 nitrogen and oxygen atoms in total. The van der Waals surface area contributed by atoms with Crippen LogP contribution in [0, 0.1) is 16.0 Å². The van der Waals surface area contributed by atoms with E-state index in [-0.39, 0.29) is 22.8 Å². The molecule has 3 N–H and O–H groups in total. The van der Waals surface area contributed by atoms with Crippen LogP contribution < -0.4 is 5.32 Å². The highest BCUT2D eigenvalue weighted by Gasteiger charge is 2.37. The van der Waals surface area contributed by atoms with Crippen LogP contribution in [0.4, 0.5) is 5.69 Å². The largest absolute Gasteiger partial charge is 0.480 e. The van der Waals surface area contributed by atoms with Gasteiger partial charge >= 0.3 is 5.97 Å². The summed E-state index contributed by atoms with van der Waals surface area (Å²) in [6, 6.07) is 5.06. The van der Waals surface area contributed by atoms with Gasteiger partial charge in [-0.25, -0.2) is 4.79 Å². The number of carbonyl (C=O) groups excluding carboxylic acids is 1. The first-order valence-corrected chi connectivity index (χ1v) is 6.77. The Hall–Kier alpha value is -2.90. The minimum Gasteiger partial charge on any atom is -0.480 e. The molecule has 0 radical (unpaired) electrons. The molecule has 1 atom stereocenters. The van der Waals surface area contributed by atoms with Gasteiger partial charge in [0.1, 0.15) is 17.3 Å². The van der Waals surface area contributed by atoms with Crippen molar-refractivity contribution in [3.8, 4) is 0 Å². The smallest absolute Gasteiger partial charge is 0.326 e. The van der Waals surface area contributed by atoms with Crippen molar-refractivity contribution in [1.82, 2.24) is 10.3 Å². The van der Waals surface area contributed by atoms with Crippen molar-refractivity contribution < 1.29 is 19.6 Å². The lowest BCUT2D eigenvalue weighted by Crippen LogP contribution is -2.42. The molecule has 1 aromatic carbocycles.